The van der Waals surface area contributed by atoms with E-state index in [0.717, 1.165) is 24.9 Å². The van der Waals surface area contributed by atoms with E-state index in [9.17, 15) is 0 Å². The number of hydrogen-bond donors (Lipinski definition) is 1. The Morgan fingerprint density at radius 2 is 2.12 bits per heavy atom. The van der Waals surface area contributed by atoms with Gasteiger partial charge < -0.3 is 10.2 Å². The summed E-state index contributed by atoms with van der Waals surface area (Å²) in [6, 6.07) is 4.37. The molecule has 1 aliphatic rings. The van der Waals surface area contributed by atoms with Crippen molar-refractivity contribution >= 4 is 17.4 Å². The zero-order valence-corrected chi connectivity index (χ0v) is 11.0. The molecule has 1 fully saturated rings. The molecule has 0 bridgehead atoms. The van der Waals surface area contributed by atoms with Crippen molar-refractivity contribution in [3.05, 3.63) is 17.3 Å². The molecule has 94 valence electrons. The highest BCUT2D eigenvalue weighted by Gasteiger charge is 2.18. The fraction of sp³-hybridized carbons (Fsp3) is 0.667. The Morgan fingerprint density at radius 1 is 1.35 bits per heavy atom. The van der Waals surface area contributed by atoms with Crippen LogP contribution in [0.1, 0.15) is 25.7 Å². The van der Waals surface area contributed by atoms with E-state index >= 15 is 0 Å². The lowest BCUT2D eigenvalue weighted by Gasteiger charge is -2.23. The van der Waals surface area contributed by atoms with Crippen molar-refractivity contribution in [3.8, 4) is 0 Å². The fourth-order valence-corrected chi connectivity index (χ4v) is 2.40. The molecule has 1 saturated carbocycles. The first-order valence-electron chi connectivity index (χ1n) is 6.19. The minimum atomic E-state index is 0.429. The van der Waals surface area contributed by atoms with Gasteiger partial charge in [0.15, 0.2) is 5.15 Å². The van der Waals surface area contributed by atoms with Crippen LogP contribution in [0.2, 0.25) is 5.15 Å². The Hall–Kier alpha value is -0.870. The van der Waals surface area contributed by atoms with Crippen molar-refractivity contribution in [1.29, 1.82) is 0 Å². The van der Waals surface area contributed by atoms with Crippen LogP contribution in [0, 0.1) is 0 Å². The number of likely N-dealkylation sites (N-methyl/N-ethyl adjacent to an activating group) is 1. The maximum absolute atomic E-state index is 5.67. The number of rotatable bonds is 5. The number of halogens is 1. The van der Waals surface area contributed by atoms with Crippen LogP contribution < -0.4 is 5.32 Å². The van der Waals surface area contributed by atoms with E-state index in [1.54, 1.807) is 6.07 Å². The number of hydrogen-bond acceptors (Lipinski definition) is 4. The molecule has 5 heteroatoms. The molecule has 1 heterocycles. The van der Waals surface area contributed by atoms with E-state index < -0.39 is 0 Å². The van der Waals surface area contributed by atoms with Gasteiger partial charge in [0.2, 0.25) is 0 Å². The van der Waals surface area contributed by atoms with E-state index in [2.05, 4.69) is 27.5 Å². The van der Waals surface area contributed by atoms with E-state index in [0.29, 0.717) is 5.15 Å². The standard InChI is InChI=1S/C12H19ClN4/c1-17(10-4-2-3-5-10)9-8-14-12-7-6-11(13)15-16-12/h6-7,10H,2-5,8-9H2,1H3,(H,14,16). The topological polar surface area (TPSA) is 41.0 Å². The summed E-state index contributed by atoms with van der Waals surface area (Å²) in [7, 11) is 2.20. The molecule has 2 rings (SSSR count). The highest BCUT2D eigenvalue weighted by Crippen LogP contribution is 2.21. The Balaban J connectivity index is 1.70. The van der Waals surface area contributed by atoms with Crippen LogP contribution in [0.5, 0.6) is 0 Å². The van der Waals surface area contributed by atoms with E-state index in [1.807, 2.05) is 6.07 Å². The number of nitrogens with one attached hydrogen (secondary N) is 1. The minimum absolute atomic E-state index is 0.429. The van der Waals surface area contributed by atoms with Crippen LogP contribution in [0.3, 0.4) is 0 Å². The predicted octanol–water partition coefficient (Wildman–Crippen LogP) is 2.42. The summed E-state index contributed by atoms with van der Waals surface area (Å²) in [5.41, 5.74) is 0. The Labute approximate surface area is 107 Å². The number of aromatic nitrogens is 2. The first kappa shape index (κ1) is 12.6. The normalized spacial score (nSPS) is 16.6. The molecular weight excluding hydrogens is 236 g/mol. The van der Waals surface area contributed by atoms with Crippen molar-refractivity contribution < 1.29 is 0 Å². The summed E-state index contributed by atoms with van der Waals surface area (Å²) in [6.45, 7) is 1.93. The molecule has 4 nitrogen and oxygen atoms in total. The van der Waals surface area contributed by atoms with Crippen molar-refractivity contribution in [2.75, 3.05) is 25.5 Å². The van der Waals surface area contributed by atoms with Gasteiger partial charge in [0.1, 0.15) is 5.82 Å². The van der Waals surface area contributed by atoms with E-state index in [4.69, 9.17) is 11.6 Å². The fourth-order valence-electron chi connectivity index (χ4n) is 2.30. The molecule has 1 N–H and O–H groups in total. The predicted molar refractivity (Wildman–Crippen MR) is 70.4 cm³/mol. The van der Waals surface area contributed by atoms with E-state index in [1.165, 1.54) is 25.7 Å². The smallest absolute Gasteiger partial charge is 0.151 e. The second kappa shape index (κ2) is 6.17. The third-order valence-corrected chi connectivity index (χ3v) is 3.55. The molecular formula is C12H19ClN4. The van der Waals surface area contributed by atoms with E-state index in [-0.39, 0.29) is 0 Å². The SMILES string of the molecule is CN(CCNc1ccc(Cl)nn1)C1CCCC1. The van der Waals surface area contributed by atoms with Crippen LogP contribution in [-0.2, 0) is 0 Å². The third-order valence-electron chi connectivity index (χ3n) is 3.35. The maximum atomic E-state index is 5.67. The van der Waals surface area contributed by atoms with Gasteiger partial charge in [-0.1, -0.05) is 24.4 Å². The molecule has 0 saturated heterocycles. The lowest BCUT2D eigenvalue weighted by atomic mass is 10.2. The zero-order chi connectivity index (χ0) is 12.1. The van der Waals surface area contributed by atoms with Gasteiger partial charge in [0.25, 0.3) is 0 Å². The highest BCUT2D eigenvalue weighted by atomic mass is 35.5. The molecule has 1 aliphatic carbocycles. The molecule has 1 aromatic rings. The molecule has 0 radical (unpaired) electrons. The molecule has 0 aromatic carbocycles. The van der Waals surface area contributed by atoms with Gasteiger partial charge in [-0.05, 0) is 32.0 Å². The van der Waals surface area contributed by atoms with Crippen molar-refractivity contribution in [1.82, 2.24) is 15.1 Å². The quantitative estimate of drug-likeness (QED) is 0.876. The zero-order valence-electron chi connectivity index (χ0n) is 10.2. The lowest BCUT2D eigenvalue weighted by Crippen LogP contribution is -2.33. The molecule has 17 heavy (non-hydrogen) atoms. The maximum Gasteiger partial charge on any atom is 0.151 e. The summed E-state index contributed by atoms with van der Waals surface area (Å²) < 4.78 is 0. The largest absolute Gasteiger partial charge is 0.367 e. The van der Waals surface area contributed by atoms with Crippen LogP contribution in [-0.4, -0.2) is 41.3 Å². The Bertz CT molecular complexity index is 335. The summed E-state index contributed by atoms with van der Waals surface area (Å²) in [6.07, 6.45) is 5.45. The molecule has 0 atom stereocenters. The Morgan fingerprint density at radius 3 is 2.76 bits per heavy atom. The summed E-state index contributed by atoms with van der Waals surface area (Å²) in [5, 5.41) is 11.4. The summed E-state index contributed by atoms with van der Waals surface area (Å²) in [5.74, 6) is 0.786. The average molecular weight is 255 g/mol. The van der Waals surface area contributed by atoms with Gasteiger partial charge in [0, 0.05) is 19.1 Å². The van der Waals surface area contributed by atoms with Crippen LogP contribution in [0.4, 0.5) is 5.82 Å². The minimum Gasteiger partial charge on any atom is -0.367 e. The van der Waals surface area contributed by atoms with Crippen molar-refractivity contribution in [2.24, 2.45) is 0 Å². The molecule has 0 aliphatic heterocycles. The van der Waals surface area contributed by atoms with Gasteiger partial charge >= 0.3 is 0 Å². The van der Waals surface area contributed by atoms with Gasteiger partial charge in [-0.3, -0.25) is 0 Å². The molecule has 1 aromatic heterocycles. The average Bonchev–Trinajstić information content (AvgIpc) is 2.85. The van der Waals surface area contributed by atoms with Gasteiger partial charge in [-0.25, -0.2) is 0 Å². The van der Waals surface area contributed by atoms with Crippen LogP contribution >= 0.6 is 11.6 Å². The second-order valence-electron chi connectivity index (χ2n) is 4.59. The van der Waals surface area contributed by atoms with Gasteiger partial charge in [-0.2, -0.15) is 0 Å². The molecule has 0 amide bonds. The highest BCUT2D eigenvalue weighted by molar-refractivity contribution is 6.29. The summed E-state index contributed by atoms with van der Waals surface area (Å²) in [4.78, 5) is 2.43. The number of anilines is 1. The first-order chi connectivity index (χ1) is 8.25. The summed E-state index contributed by atoms with van der Waals surface area (Å²) >= 11 is 5.67. The molecule has 0 spiro atoms. The van der Waals surface area contributed by atoms with Crippen LogP contribution in [0.15, 0.2) is 12.1 Å². The lowest BCUT2D eigenvalue weighted by molar-refractivity contribution is 0.254. The Kier molecular flexibility index (Phi) is 4.57. The van der Waals surface area contributed by atoms with Crippen molar-refractivity contribution in [2.45, 2.75) is 31.7 Å². The monoisotopic (exact) mass is 254 g/mol. The molecule has 0 unspecified atom stereocenters. The van der Waals surface area contributed by atoms with Crippen LogP contribution in [0.25, 0.3) is 0 Å². The first-order valence-corrected chi connectivity index (χ1v) is 6.57. The number of nitrogens with zero attached hydrogens (tertiary/aromatic N) is 3. The second-order valence-corrected chi connectivity index (χ2v) is 4.97. The van der Waals surface area contributed by atoms with Gasteiger partial charge in [0.05, 0.1) is 0 Å². The third kappa shape index (κ3) is 3.82. The van der Waals surface area contributed by atoms with Crippen molar-refractivity contribution in [3.63, 3.8) is 0 Å². The van der Waals surface area contributed by atoms with Gasteiger partial charge in [-0.15, -0.1) is 10.2 Å².